The summed E-state index contributed by atoms with van der Waals surface area (Å²) in [5, 5.41) is 4.58. The standard InChI is InChI=1S/C17H15FN2O2S/c18-15-5-1-2-6-16(15)19-17(21)20(10-13-7-8-22-12-13)11-14-4-3-9-23-14/h1-9,12H,10-11H2,(H,19,21). The molecule has 0 saturated carbocycles. The molecular weight excluding hydrogens is 315 g/mol. The average molecular weight is 330 g/mol. The second kappa shape index (κ2) is 7.11. The smallest absolute Gasteiger partial charge is 0.322 e. The van der Waals surface area contributed by atoms with Crippen molar-refractivity contribution in [3.05, 3.63) is 76.6 Å². The summed E-state index contributed by atoms with van der Waals surface area (Å²) in [4.78, 5) is 15.2. The number of carbonyl (C=O) groups excluding carboxylic acids is 1. The van der Waals surface area contributed by atoms with Gasteiger partial charge < -0.3 is 14.6 Å². The molecule has 4 nitrogen and oxygen atoms in total. The zero-order valence-electron chi connectivity index (χ0n) is 12.2. The fraction of sp³-hybridized carbons (Fsp3) is 0.118. The summed E-state index contributed by atoms with van der Waals surface area (Å²) in [6.45, 7) is 0.831. The van der Waals surface area contributed by atoms with E-state index in [0.29, 0.717) is 13.1 Å². The summed E-state index contributed by atoms with van der Waals surface area (Å²) in [7, 11) is 0. The Kier molecular flexibility index (Phi) is 4.73. The van der Waals surface area contributed by atoms with Gasteiger partial charge in [-0.25, -0.2) is 9.18 Å². The maximum Gasteiger partial charge on any atom is 0.322 e. The Labute approximate surface area is 137 Å². The Morgan fingerprint density at radius 1 is 1.17 bits per heavy atom. The fourth-order valence-corrected chi connectivity index (χ4v) is 2.87. The summed E-state index contributed by atoms with van der Waals surface area (Å²) in [5.74, 6) is -0.458. The average Bonchev–Trinajstić information content (AvgIpc) is 3.22. The number of nitrogens with one attached hydrogen (secondary N) is 1. The van der Waals surface area contributed by atoms with Crippen molar-refractivity contribution in [2.45, 2.75) is 13.1 Å². The molecule has 2 amide bonds. The van der Waals surface area contributed by atoms with Gasteiger partial charge in [-0.3, -0.25) is 0 Å². The summed E-state index contributed by atoms with van der Waals surface area (Å²) < 4.78 is 18.8. The lowest BCUT2D eigenvalue weighted by molar-refractivity contribution is 0.206. The predicted molar refractivity (Wildman–Crippen MR) is 87.7 cm³/mol. The number of furan rings is 1. The first kappa shape index (κ1) is 15.3. The molecule has 0 unspecified atom stereocenters. The summed E-state index contributed by atoms with van der Waals surface area (Å²) in [5.41, 5.74) is 1.05. The molecule has 0 bridgehead atoms. The molecule has 1 aromatic carbocycles. The van der Waals surface area contributed by atoms with E-state index in [0.717, 1.165) is 10.4 Å². The molecule has 118 valence electrons. The van der Waals surface area contributed by atoms with Crippen LogP contribution in [0.1, 0.15) is 10.4 Å². The van der Waals surface area contributed by atoms with E-state index in [1.54, 1.807) is 47.0 Å². The third kappa shape index (κ3) is 3.98. The third-order valence-corrected chi connectivity index (χ3v) is 4.14. The van der Waals surface area contributed by atoms with Crippen LogP contribution in [0.4, 0.5) is 14.9 Å². The highest BCUT2D eigenvalue weighted by Crippen LogP contribution is 2.18. The van der Waals surface area contributed by atoms with Crippen LogP contribution in [-0.4, -0.2) is 10.9 Å². The van der Waals surface area contributed by atoms with Crippen LogP contribution in [-0.2, 0) is 13.1 Å². The van der Waals surface area contributed by atoms with Crippen molar-refractivity contribution in [1.29, 1.82) is 0 Å². The number of carbonyl (C=O) groups is 1. The van der Waals surface area contributed by atoms with Gasteiger partial charge in [0.05, 0.1) is 31.3 Å². The number of amides is 2. The molecule has 0 aliphatic rings. The first-order valence-electron chi connectivity index (χ1n) is 7.06. The van der Waals surface area contributed by atoms with E-state index in [4.69, 9.17) is 4.42 Å². The molecule has 0 aliphatic heterocycles. The predicted octanol–water partition coefficient (Wildman–Crippen LogP) is 4.71. The fourth-order valence-electron chi connectivity index (χ4n) is 2.15. The molecule has 0 aliphatic carbocycles. The number of urea groups is 1. The molecular formula is C17H15FN2O2S. The lowest BCUT2D eigenvalue weighted by Crippen LogP contribution is -2.34. The van der Waals surface area contributed by atoms with Gasteiger partial charge in [0, 0.05) is 10.4 Å². The number of hydrogen-bond donors (Lipinski definition) is 1. The van der Waals surface area contributed by atoms with Crippen LogP contribution < -0.4 is 5.32 Å². The molecule has 1 N–H and O–H groups in total. The number of halogens is 1. The highest BCUT2D eigenvalue weighted by molar-refractivity contribution is 7.09. The van der Waals surface area contributed by atoms with E-state index in [1.807, 2.05) is 17.5 Å². The van der Waals surface area contributed by atoms with Gasteiger partial charge in [-0.15, -0.1) is 11.3 Å². The first-order chi connectivity index (χ1) is 11.2. The van der Waals surface area contributed by atoms with Crippen molar-refractivity contribution >= 4 is 23.1 Å². The third-order valence-electron chi connectivity index (χ3n) is 3.28. The maximum absolute atomic E-state index is 13.7. The normalized spacial score (nSPS) is 10.5. The molecule has 0 radical (unpaired) electrons. The van der Waals surface area contributed by atoms with Crippen molar-refractivity contribution in [3.8, 4) is 0 Å². The van der Waals surface area contributed by atoms with E-state index < -0.39 is 5.82 Å². The van der Waals surface area contributed by atoms with E-state index in [1.165, 1.54) is 12.1 Å². The van der Waals surface area contributed by atoms with Gasteiger partial charge in [0.1, 0.15) is 5.82 Å². The number of thiophene rings is 1. The highest BCUT2D eigenvalue weighted by Gasteiger charge is 2.17. The zero-order chi connectivity index (χ0) is 16.1. The van der Waals surface area contributed by atoms with E-state index in [2.05, 4.69) is 5.32 Å². The summed E-state index contributed by atoms with van der Waals surface area (Å²) in [6.07, 6.45) is 3.16. The lowest BCUT2D eigenvalue weighted by atomic mass is 10.3. The second-order valence-corrected chi connectivity index (χ2v) is 6.01. The molecule has 23 heavy (non-hydrogen) atoms. The molecule has 3 aromatic rings. The van der Waals surface area contributed by atoms with E-state index >= 15 is 0 Å². The van der Waals surface area contributed by atoms with Crippen molar-refractivity contribution in [2.75, 3.05) is 5.32 Å². The summed E-state index contributed by atoms with van der Waals surface area (Å²) >= 11 is 1.57. The van der Waals surface area contributed by atoms with Crippen LogP contribution in [0.3, 0.4) is 0 Å². The number of benzene rings is 1. The van der Waals surface area contributed by atoms with Crippen molar-refractivity contribution in [1.82, 2.24) is 4.90 Å². The van der Waals surface area contributed by atoms with E-state index in [9.17, 15) is 9.18 Å². The topological polar surface area (TPSA) is 45.5 Å². The largest absolute Gasteiger partial charge is 0.472 e. The number of para-hydroxylation sites is 1. The minimum absolute atomic E-state index is 0.167. The van der Waals surface area contributed by atoms with Crippen LogP contribution in [0.25, 0.3) is 0 Å². The van der Waals surface area contributed by atoms with Crippen LogP contribution in [0.2, 0.25) is 0 Å². The molecule has 0 spiro atoms. The van der Waals surface area contributed by atoms with Crippen molar-refractivity contribution in [3.63, 3.8) is 0 Å². The number of anilines is 1. The van der Waals surface area contributed by atoms with Gasteiger partial charge in [0.25, 0.3) is 0 Å². The monoisotopic (exact) mass is 330 g/mol. The van der Waals surface area contributed by atoms with Gasteiger partial charge >= 0.3 is 6.03 Å². The second-order valence-electron chi connectivity index (χ2n) is 4.98. The minimum Gasteiger partial charge on any atom is -0.472 e. The SMILES string of the molecule is O=C(Nc1ccccc1F)N(Cc1ccoc1)Cc1cccs1. The molecule has 3 rings (SSSR count). The molecule has 0 fully saturated rings. The molecule has 2 heterocycles. The molecule has 0 saturated heterocycles. The van der Waals surface area contributed by atoms with E-state index in [-0.39, 0.29) is 11.7 Å². The molecule has 0 atom stereocenters. The van der Waals surface area contributed by atoms with Gasteiger partial charge in [-0.05, 0) is 29.6 Å². The zero-order valence-corrected chi connectivity index (χ0v) is 13.1. The van der Waals surface area contributed by atoms with Gasteiger partial charge in [-0.2, -0.15) is 0 Å². The molecule has 2 aromatic heterocycles. The highest BCUT2D eigenvalue weighted by atomic mass is 32.1. The Hall–Kier alpha value is -2.60. The van der Waals surface area contributed by atoms with Crippen LogP contribution in [0.15, 0.2) is 64.8 Å². The van der Waals surface area contributed by atoms with Crippen molar-refractivity contribution in [2.24, 2.45) is 0 Å². The van der Waals surface area contributed by atoms with Crippen LogP contribution >= 0.6 is 11.3 Å². The minimum atomic E-state index is -0.458. The quantitative estimate of drug-likeness (QED) is 0.736. The Bertz CT molecular complexity index is 721. The summed E-state index contributed by atoms with van der Waals surface area (Å²) in [6, 6.07) is 11.5. The van der Waals surface area contributed by atoms with Gasteiger partial charge in [-0.1, -0.05) is 18.2 Å². The Morgan fingerprint density at radius 3 is 2.74 bits per heavy atom. The number of nitrogens with zero attached hydrogens (tertiary/aromatic N) is 1. The Morgan fingerprint density at radius 2 is 2.04 bits per heavy atom. The maximum atomic E-state index is 13.7. The number of rotatable bonds is 5. The lowest BCUT2D eigenvalue weighted by Gasteiger charge is -2.22. The molecule has 6 heteroatoms. The Balaban J connectivity index is 1.76. The van der Waals surface area contributed by atoms with Crippen LogP contribution in [0, 0.1) is 5.82 Å². The first-order valence-corrected chi connectivity index (χ1v) is 7.94. The van der Waals surface area contributed by atoms with Gasteiger partial charge in [0.15, 0.2) is 0 Å². The number of hydrogen-bond acceptors (Lipinski definition) is 3. The van der Waals surface area contributed by atoms with Crippen LogP contribution in [0.5, 0.6) is 0 Å². The van der Waals surface area contributed by atoms with Gasteiger partial charge in [0.2, 0.25) is 0 Å². The van der Waals surface area contributed by atoms with Crippen molar-refractivity contribution < 1.29 is 13.6 Å².